The zero-order valence-electron chi connectivity index (χ0n) is 16.7. The van der Waals surface area contributed by atoms with E-state index in [1.807, 2.05) is 0 Å². The summed E-state index contributed by atoms with van der Waals surface area (Å²) >= 11 is 0. The van der Waals surface area contributed by atoms with Gasteiger partial charge < -0.3 is 10.1 Å². The van der Waals surface area contributed by atoms with E-state index in [1.165, 1.54) is 19.1 Å². The summed E-state index contributed by atoms with van der Waals surface area (Å²) in [5.74, 6) is -0.416. The first-order chi connectivity index (χ1) is 14.7. The van der Waals surface area contributed by atoms with Crippen LogP contribution in [0.1, 0.15) is 34.2 Å². The quantitative estimate of drug-likeness (QED) is 0.646. The van der Waals surface area contributed by atoms with Crippen molar-refractivity contribution >= 4 is 5.91 Å². The minimum atomic E-state index is -4.54. The van der Waals surface area contributed by atoms with Crippen LogP contribution in [-0.4, -0.2) is 27.3 Å². The molecule has 0 saturated heterocycles. The molecule has 0 atom stereocenters. The van der Waals surface area contributed by atoms with Crippen LogP contribution in [0.4, 0.5) is 13.2 Å². The van der Waals surface area contributed by atoms with Gasteiger partial charge in [0.1, 0.15) is 0 Å². The van der Waals surface area contributed by atoms with Gasteiger partial charge in [0.15, 0.2) is 5.69 Å². The average molecular weight is 432 g/mol. The van der Waals surface area contributed by atoms with E-state index in [0.717, 1.165) is 22.9 Å². The van der Waals surface area contributed by atoms with Crippen molar-refractivity contribution in [2.75, 3.05) is 6.61 Å². The summed E-state index contributed by atoms with van der Waals surface area (Å²) in [7, 11) is 0. The minimum Gasteiger partial charge on any atom is -0.478 e. The van der Waals surface area contributed by atoms with Crippen LogP contribution in [0.3, 0.4) is 0 Å². The Morgan fingerprint density at radius 1 is 1.19 bits per heavy atom. The fourth-order valence-corrected chi connectivity index (χ4v) is 2.86. The van der Waals surface area contributed by atoms with Gasteiger partial charge in [-0.3, -0.25) is 9.59 Å². The summed E-state index contributed by atoms with van der Waals surface area (Å²) < 4.78 is 45.7. The lowest BCUT2D eigenvalue weighted by molar-refractivity contribution is -0.137. The minimum absolute atomic E-state index is 0.0283. The van der Waals surface area contributed by atoms with Crippen LogP contribution in [0.25, 0.3) is 5.69 Å². The number of hydrogen-bond donors (Lipinski definition) is 1. The summed E-state index contributed by atoms with van der Waals surface area (Å²) in [5.41, 5.74) is -0.989. The number of ether oxygens (including phenoxy) is 1. The molecular formula is C21H19F3N4O3. The van der Waals surface area contributed by atoms with E-state index in [1.54, 1.807) is 25.3 Å². The first-order valence-electron chi connectivity index (χ1n) is 9.34. The number of aromatic nitrogens is 3. The van der Waals surface area contributed by atoms with Crippen molar-refractivity contribution in [3.05, 3.63) is 81.4 Å². The van der Waals surface area contributed by atoms with E-state index < -0.39 is 28.8 Å². The van der Waals surface area contributed by atoms with Gasteiger partial charge in [0, 0.05) is 30.1 Å². The molecule has 31 heavy (non-hydrogen) atoms. The summed E-state index contributed by atoms with van der Waals surface area (Å²) in [6.45, 7) is 3.73. The third-order valence-corrected chi connectivity index (χ3v) is 4.31. The molecule has 3 aromatic rings. The molecule has 7 nitrogen and oxygen atoms in total. The molecule has 0 radical (unpaired) electrons. The number of alkyl halides is 3. The van der Waals surface area contributed by atoms with Crippen LogP contribution >= 0.6 is 0 Å². The Balaban J connectivity index is 1.90. The summed E-state index contributed by atoms with van der Waals surface area (Å²) in [5, 5.41) is 6.59. The highest BCUT2D eigenvalue weighted by Crippen LogP contribution is 2.30. The maximum absolute atomic E-state index is 13.0. The first-order valence-corrected chi connectivity index (χ1v) is 9.34. The summed E-state index contributed by atoms with van der Waals surface area (Å²) in [6, 6.07) is 9.00. The second-order valence-electron chi connectivity index (χ2n) is 6.54. The van der Waals surface area contributed by atoms with Crippen LogP contribution in [-0.2, 0) is 12.7 Å². The molecule has 0 saturated carbocycles. The number of pyridine rings is 1. The van der Waals surface area contributed by atoms with Crippen LogP contribution < -0.4 is 15.5 Å². The van der Waals surface area contributed by atoms with Gasteiger partial charge in [-0.1, -0.05) is 12.1 Å². The highest BCUT2D eigenvalue weighted by molar-refractivity contribution is 5.92. The molecule has 162 valence electrons. The molecule has 2 heterocycles. The SMILES string of the molecule is CCOc1ncccc1CNC(=O)c1nn(-c2cccc(C(F)(F)F)c2)c(C)cc1=O. The monoisotopic (exact) mass is 432 g/mol. The molecule has 2 aromatic heterocycles. The largest absolute Gasteiger partial charge is 0.478 e. The lowest BCUT2D eigenvalue weighted by Gasteiger charge is -2.14. The molecule has 0 aliphatic heterocycles. The first kappa shape index (κ1) is 22.0. The van der Waals surface area contributed by atoms with Crippen LogP contribution in [0.2, 0.25) is 0 Å². The Kier molecular flexibility index (Phi) is 6.38. The van der Waals surface area contributed by atoms with Crippen LogP contribution in [0.5, 0.6) is 5.88 Å². The molecule has 0 unspecified atom stereocenters. The Hall–Kier alpha value is -3.69. The number of amides is 1. The van der Waals surface area contributed by atoms with Gasteiger partial charge in [-0.05, 0) is 38.1 Å². The van der Waals surface area contributed by atoms with Crippen molar-refractivity contribution < 1.29 is 22.7 Å². The van der Waals surface area contributed by atoms with E-state index in [4.69, 9.17) is 4.74 Å². The smallest absolute Gasteiger partial charge is 0.416 e. The Morgan fingerprint density at radius 3 is 2.68 bits per heavy atom. The van der Waals surface area contributed by atoms with Crippen molar-refractivity contribution in [1.29, 1.82) is 0 Å². The molecule has 0 bridgehead atoms. The maximum Gasteiger partial charge on any atom is 0.416 e. The molecule has 0 fully saturated rings. The van der Waals surface area contributed by atoms with Crippen LogP contribution in [0.15, 0.2) is 53.5 Å². The van der Waals surface area contributed by atoms with E-state index in [0.29, 0.717) is 18.1 Å². The van der Waals surface area contributed by atoms with Crippen molar-refractivity contribution in [1.82, 2.24) is 20.1 Å². The topological polar surface area (TPSA) is 86.1 Å². The zero-order chi connectivity index (χ0) is 22.6. The number of carbonyl (C=O) groups is 1. The molecule has 0 spiro atoms. The van der Waals surface area contributed by atoms with Gasteiger partial charge in [0.2, 0.25) is 11.3 Å². The molecule has 1 amide bonds. The van der Waals surface area contributed by atoms with E-state index in [9.17, 15) is 22.8 Å². The Bertz CT molecular complexity index is 1160. The number of nitrogens with one attached hydrogen (secondary N) is 1. The third-order valence-electron chi connectivity index (χ3n) is 4.31. The molecular weight excluding hydrogens is 413 g/mol. The number of benzene rings is 1. The zero-order valence-corrected chi connectivity index (χ0v) is 16.7. The van der Waals surface area contributed by atoms with Gasteiger partial charge in [0.25, 0.3) is 5.91 Å². The summed E-state index contributed by atoms with van der Waals surface area (Å²) in [6.07, 6.45) is -2.99. The van der Waals surface area contributed by atoms with Gasteiger partial charge in [0.05, 0.1) is 17.9 Å². The highest BCUT2D eigenvalue weighted by atomic mass is 19.4. The second-order valence-corrected chi connectivity index (χ2v) is 6.54. The predicted molar refractivity (Wildman–Crippen MR) is 106 cm³/mol. The van der Waals surface area contributed by atoms with Crippen LogP contribution in [0, 0.1) is 6.92 Å². The van der Waals surface area contributed by atoms with Crippen molar-refractivity contribution in [3.8, 4) is 11.6 Å². The van der Waals surface area contributed by atoms with Gasteiger partial charge >= 0.3 is 6.18 Å². The molecule has 1 N–H and O–H groups in total. The fraction of sp³-hybridized carbons (Fsp3) is 0.238. The molecule has 0 aliphatic rings. The van der Waals surface area contributed by atoms with Crippen molar-refractivity contribution in [2.45, 2.75) is 26.6 Å². The molecule has 0 aliphatic carbocycles. The summed E-state index contributed by atoms with van der Waals surface area (Å²) in [4.78, 5) is 29.0. The molecule has 10 heteroatoms. The number of rotatable bonds is 6. The van der Waals surface area contributed by atoms with Gasteiger partial charge in [-0.15, -0.1) is 0 Å². The normalized spacial score (nSPS) is 11.3. The fourth-order valence-electron chi connectivity index (χ4n) is 2.86. The van der Waals surface area contributed by atoms with E-state index >= 15 is 0 Å². The van der Waals surface area contributed by atoms with Crippen molar-refractivity contribution in [2.24, 2.45) is 0 Å². The average Bonchev–Trinajstić information content (AvgIpc) is 2.73. The van der Waals surface area contributed by atoms with E-state index in [-0.39, 0.29) is 17.9 Å². The number of hydrogen-bond acceptors (Lipinski definition) is 5. The lowest BCUT2D eigenvalue weighted by Crippen LogP contribution is -2.31. The second kappa shape index (κ2) is 8.99. The van der Waals surface area contributed by atoms with Gasteiger partial charge in [-0.25, -0.2) is 9.67 Å². The predicted octanol–water partition coefficient (Wildman–Crippen LogP) is 3.28. The highest BCUT2D eigenvalue weighted by Gasteiger charge is 2.30. The number of carbonyl (C=O) groups excluding carboxylic acids is 1. The van der Waals surface area contributed by atoms with E-state index in [2.05, 4.69) is 15.4 Å². The van der Waals surface area contributed by atoms with Crippen molar-refractivity contribution in [3.63, 3.8) is 0 Å². The van der Waals surface area contributed by atoms with Gasteiger partial charge in [-0.2, -0.15) is 18.3 Å². The number of aryl methyl sites for hydroxylation is 1. The lowest BCUT2D eigenvalue weighted by atomic mass is 10.2. The third kappa shape index (κ3) is 5.08. The standard InChI is InChI=1S/C21H19F3N4O3/c1-3-31-20-14(6-5-9-25-20)12-26-19(30)18-17(29)10-13(2)28(27-18)16-8-4-7-15(11-16)21(22,23)24/h4-11H,3,12H2,1-2H3,(H,26,30). The number of nitrogens with zero attached hydrogens (tertiary/aromatic N) is 3. The molecule has 1 aromatic carbocycles. The number of halogens is 3. The molecule has 3 rings (SSSR count). The maximum atomic E-state index is 13.0. The Labute approximate surface area is 175 Å². The Morgan fingerprint density at radius 2 is 1.97 bits per heavy atom.